The largest absolute Gasteiger partial charge is 0.370 e. The van der Waals surface area contributed by atoms with E-state index < -0.39 is 21.1 Å². The number of rotatable bonds is 8. The Morgan fingerprint density at radius 2 is 1.69 bits per heavy atom. The van der Waals surface area contributed by atoms with Crippen molar-refractivity contribution in [2.24, 2.45) is 0 Å². The fourth-order valence-electron chi connectivity index (χ4n) is 4.00. The van der Waals surface area contributed by atoms with E-state index >= 15 is 4.39 Å². The first-order valence-corrected chi connectivity index (χ1v) is 12.6. The highest BCUT2D eigenvalue weighted by molar-refractivity contribution is 7.91. The summed E-state index contributed by atoms with van der Waals surface area (Å²) >= 11 is 0. The monoisotopic (exact) mass is 458 g/mol. The lowest BCUT2D eigenvalue weighted by Crippen LogP contribution is -2.24. The number of sulfone groups is 1. The van der Waals surface area contributed by atoms with Gasteiger partial charge in [-0.05, 0) is 63.4 Å². The normalized spacial score (nSPS) is 11.8. The van der Waals surface area contributed by atoms with Gasteiger partial charge in [-0.25, -0.2) is 12.8 Å². The molecule has 2 aromatic carbocycles. The summed E-state index contributed by atoms with van der Waals surface area (Å²) in [4.78, 5) is 15.0. The van der Waals surface area contributed by atoms with E-state index in [1.54, 1.807) is 29.7 Å². The Kier molecular flexibility index (Phi) is 7.08. The van der Waals surface area contributed by atoms with Crippen LogP contribution in [0.5, 0.6) is 0 Å². The van der Waals surface area contributed by atoms with Crippen molar-refractivity contribution in [2.45, 2.75) is 63.8 Å². The molecule has 0 fully saturated rings. The van der Waals surface area contributed by atoms with Crippen LogP contribution < -0.4 is 10.3 Å². The fraction of sp³-hybridized carbons (Fsp3) is 0.400. The lowest BCUT2D eigenvalue weighted by atomic mass is 10.1. The third-order valence-corrected chi connectivity index (χ3v) is 7.78. The van der Waals surface area contributed by atoms with Crippen molar-refractivity contribution in [1.29, 1.82) is 0 Å². The van der Waals surface area contributed by atoms with E-state index in [-0.39, 0.29) is 15.2 Å². The molecule has 32 heavy (non-hydrogen) atoms. The lowest BCUT2D eigenvalue weighted by Gasteiger charge is -2.23. The number of aromatic nitrogens is 1. The van der Waals surface area contributed by atoms with Crippen LogP contribution in [0.2, 0.25) is 0 Å². The minimum Gasteiger partial charge on any atom is -0.370 e. The van der Waals surface area contributed by atoms with E-state index in [0.29, 0.717) is 36.4 Å². The molecule has 0 unspecified atom stereocenters. The predicted octanol–water partition coefficient (Wildman–Crippen LogP) is 5.24. The Hall–Kier alpha value is -2.67. The maximum atomic E-state index is 15.0. The molecule has 1 aromatic heterocycles. The van der Waals surface area contributed by atoms with Gasteiger partial charge in [0.25, 0.3) is 0 Å². The number of nitrogens with zero attached hydrogens (tertiary/aromatic N) is 2. The van der Waals surface area contributed by atoms with Gasteiger partial charge in [0.05, 0.1) is 21.5 Å². The van der Waals surface area contributed by atoms with Crippen LogP contribution in [0.15, 0.2) is 51.1 Å². The third-order valence-electron chi connectivity index (χ3n) is 5.90. The number of unbranched alkanes of at least 4 members (excludes halogenated alkanes) is 1. The van der Waals surface area contributed by atoms with Crippen molar-refractivity contribution in [3.05, 3.63) is 63.7 Å². The quantitative estimate of drug-likeness (QED) is 0.463. The molecule has 0 radical (unpaired) electrons. The maximum absolute atomic E-state index is 15.0. The summed E-state index contributed by atoms with van der Waals surface area (Å²) in [5, 5.41) is 0.0842. The second-order valence-electron chi connectivity index (χ2n) is 8.13. The maximum Gasteiger partial charge on any atom is 0.212 e. The minimum absolute atomic E-state index is 0.0842. The van der Waals surface area contributed by atoms with Crippen molar-refractivity contribution >= 4 is 26.4 Å². The number of anilines is 1. The topological polar surface area (TPSA) is 59.4 Å². The van der Waals surface area contributed by atoms with Gasteiger partial charge in [0.1, 0.15) is 10.7 Å². The highest BCUT2D eigenvalue weighted by Crippen LogP contribution is 2.28. The first kappa shape index (κ1) is 24.0. The summed E-state index contributed by atoms with van der Waals surface area (Å²) in [6.07, 6.45) is 3.14. The molecule has 0 bridgehead atoms. The summed E-state index contributed by atoms with van der Waals surface area (Å²) in [5.41, 5.74) is 1.65. The van der Waals surface area contributed by atoms with Gasteiger partial charge in [-0.1, -0.05) is 25.5 Å². The van der Waals surface area contributed by atoms with Crippen LogP contribution in [0.3, 0.4) is 0 Å². The smallest absolute Gasteiger partial charge is 0.212 e. The van der Waals surface area contributed by atoms with E-state index in [4.69, 9.17) is 0 Å². The Labute approximate surface area is 189 Å². The molecule has 0 spiro atoms. The first-order chi connectivity index (χ1) is 15.1. The molecular weight excluding hydrogens is 427 g/mol. The van der Waals surface area contributed by atoms with E-state index in [1.165, 1.54) is 12.3 Å². The number of hydrogen-bond acceptors (Lipinski definition) is 4. The summed E-state index contributed by atoms with van der Waals surface area (Å²) in [7, 11) is -4.08. The molecule has 0 aliphatic rings. The van der Waals surface area contributed by atoms with Crippen molar-refractivity contribution < 1.29 is 12.8 Å². The molecule has 7 heteroatoms. The summed E-state index contributed by atoms with van der Waals surface area (Å²) in [5.74, 6) is -0.526. The number of aryl methyl sites for hydroxylation is 3. The molecule has 0 amide bonds. The molecule has 1 heterocycles. The van der Waals surface area contributed by atoms with Gasteiger partial charge in [-0.15, -0.1) is 0 Å². The second kappa shape index (κ2) is 9.45. The predicted molar refractivity (Wildman–Crippen MR) is 128 cm³/mol. The van der Waals surface area contributed by atoms with E-state index in [0.717, 1.165) is 18.4 Å². The number of benzene rings is 2. The summed E-state index contributed by atoms with van der Waals surface area (Å²) in [6, 6.07) is 8.00. The van der Waals surface area contributed by atoms with Gasteiger partial charge >= 0.3 is 0 Å². The van der Waals surface area contributed by atoms with Gasteiger partial charge < -0.3 is 9.47 Å². The molecule has 5 nitrogen and oxygen atoms in total. The highest BCUT2D eigenvalue weighted by atomic mass is 32.2. The van der Waals surface area contributed by atoms with Gasteiger partial charge in [0.2, 0.25) is 15.3 Å². The fourth-order valence-corrected chi connectivity index (χ4v) is 5.69. The lowest BCUT2D eigenvalue weighted by molar-refractivity contribution is 0.589. The highest BCUT2D eigenvalue weighted by Gasteiger charge is 2.26. The van der Waals surface area contributed by atoms with Crippen LogP contribution in [0.25, 0.3) is 10.9 Å². The van der Waals surface area contributed by atoms with Crippen molar-refractivity contribution in [3.63, 3.8) is 0 Å². The number of halogens is 1. The molecule has 172 valence electrons. The van der Waals surface area contributed by atoms with Crippen LogP contribution in [0.4, 0.5) is 10.1 Å². The van der Waals surface area contributed by atoms with Crippen LogP contribution in [0.1, 0.15) is 44.7 Å². The summed E-state index contributed by atoms with van der Waals surface area (Å²) in [6.45, 7) is 11.2. The molecule has 0 atom stereocenters. The Balaban J connectivity index is 2.36. The molecule has 0 saturated carbocycles. The molecule has 3 rings (SSSR count). The zero-order valence-electron chi connectivity index (χ0n) is 19.4. The molecule has 0 aliphatic heterocycles. The van der Waals surface area contributed by atoms with Crippen LogP contribution >= 0.6 is 0 Å². The van der Waals surface area contributed by atoms with Crippen LogP contribution in [0, 0.1) is 19.7 Å². The standard InChI is InChI=1S/C25H31FN2O3S/c1-6-9-12-28-16-24(32(30,31)23-13-17(4)10-11-18(23)5)25(29)19-14-20(26)22(15-21(19)28)27(7-2)8-3/h10-11,13-16H,6-9,12H2,1-5H3. The van der Waals surface area contributed by atoms with Gasteiger partial charge in [-0.2, -0.15) is 0 Å². The molecular formula is C25H31FN2O3S. The molecule has 3 aromatic rings. The van der Waals surface area contributed by atoms with Crippen molar-refractivity contribution in [3.8, 4) is 0 Å². The third kappa shape index (κ3) is 4.31. The second-order valence-corrected chi connectivity index (χ2v) is 10.0. The zero-order chi connectivity index (χ0) is 23.6. The minimum atomic E-state index is -4.08. The van der Waals surface area contributed by atoms with E-state index in [9.17, 15) is 13.2 Å². The average molecular weight is 459 g/mol. The number of hydrogen-bond donors (Lipinski definition) is 0. The van der Waals surface area contributed by atoms with E-state index in [1.807, 2.05) is 38.7 Å². The average Bonchev–Trinajstić information content (AvgIpc) is 2.76. The van der Waals surface area contributed by atoms with E-state index in [2.05, 4.69) is 0 Å². The van der Waals surface area contributed by atoms with Gasteiger partial charge in [-0.3, -0.25) is 4.79 Å². The number of pyridine rings is 1. The zero-order valence-corrected chi connectivity index (χ0v) is 20.2. The van der Waals surface area contributed by atoms with Crippen molar-refractivity contribution in [1.82, 2.24) is 4.57 Å². The van der Waals surface area contributed by atoms with Crippen LogP contribution in [-0.4, -0.2) is 26.1 Å². The Morgan fingerprint density at radius 1 is 1.00 bits per heavy atom. The number of fused-ring (bicyclic) bond motifs is 1. The van der Waals surface area contributed by atoms with Gasteiger partial charge in [0, 0.05) is 25.8 Å². The Morgan fingerprint density at radius 3 is 2.31 bits per heavy atom. The SMILES string of the molecule is CCCCn1cc(S(=O)(=O)c2cc(C)ccc2C)c(=O)c2cc(F)c(N(CC)CC)cc21. The first-order valence-electron chi connectivity index (χ1n) is 11.1. The molecule has 0 aliphatic carbocycles. The van der Waals surface area contributed by atoms with Crippen LogP contribution in [-0.2, 0) is 16.4 Å². The molecule has 0 N–H and O–H groups in total. The molecule has 0 saturated heterocycles. The Bertz CT molecular complexity index is 1310. The van der Waals surface area contributed by atoms with Gasteiger partial charge in [0.15, 0.2) is 0 Å². The summed E-state index contributed by atoms with van der Waals surface area (Å²) < 4.78 is 43.9. The van der Waals surface area contributed by atoms with Crippen molar-refractivity contribution in [2.75, 3.05) is 18.0 Å².